The second-order valence-electron chi connectivity index (χ2n) is 6.64. The Bertz CT molecular complexity index is 512. The second-order valence-corrected chi connectivity index (χ2v) is 7.07. The van der Waals surface area contributed by atoms with Crippen LogP contribution < -0.4 is 10.6 Å². The molecule has 0 saturated heterocycles. The van der Waals surface area contributed by atoms with Gasteiger partial charge in [0.1, 0.15) is 6.04 Å². The van der Waals surface area contributed by atoms with Crippen LogP contribution in [-0.2, 0) is 4.79 Å². The zero-order valence-corrected chi connectivity index (χ0v) is 15.1. The molecule has 0 fully saturated rings. The van der Waals surface area contributed by atoms with Crippen molar-refractivity contribution in [2.75, 3.05) is 6.54 Å². The van der Waals surface area contributed by atoms with Crippen LogP contribution in [0.2, 0.25) is 5.02 Å². The molecule has 23 heavy (non-hydrogen) atoms. The first-order valence-corrected chi connectivity index (χ1v) is 8.51. The van der Waals surface area contributed by atoms with E-state index in [4.69, 9.17) is 11.6 Å². The molecule has 0 aliphatic heterocycles. The van der Waals surface area contributed by atoms with Crippen molar-refractivity contribution in [1.82, 2.24) is 10.6 Å². The SMILES string of the molecule is CC(C)CCNC(=O)C(CC(C)C)NC(=O)c1ccc(Cl)cc1. The van der Waals surface area contributed by atoms with Crippen LogP contribution >= 0.6 is 11.6 Å². The van der Waals surface area contributed by atoms with Gasteiger partial charge in [0.2, 0.25) is 5.91 Å². The van der Waals surface area contributed by atoms with Gasteiger partial charge in [-0.2, -0.15) is 0 Å². The molecule has 0 aliphatic carbocycles. The number of carbonyl (C=O) groups excluding carboxylic acids is 2. The van der Waals surface area contributed by atoms with Gasteiger partial charge in [-0.1, -0.05) is 39.3 Å². The molecule has 0 aromatic heterocycles. The maximum absolute atomic E-state index is 12.3. The lowest BCUT2D eigenvalue weighted by Crippen LogP contribution is -2.47. The largest absolute Gasteiger partial charge is 0.354 e. The van der Waals surface area contributed by atoms with E-state index >= 15 is 0 Å². The van der Waals surface area contributed by atoms with E-state index in [1.54, 1.807) is 24.3 Å². The Morgan fingerprint density at radius 2 is 1.65 bits per heavy atom. The smallest absolute Gasteiger partial charge is 0.251 e. The Kier molecular flexibility index (Phi) is 8.10. The first kappa shape index (κ1) is 19.5. The van der Waals surface area contributed by atoms with E-state index in [-0.39, 0.29) is 11.8 Å². The fraction of sp³-hybridized carbons (Fsp3) is 0.556. The third-order valence-corrected chi connectivity index (χ3v) is 3.71. The van der Waals surface area contributed by atoms with Crippen LogP contribution in [0.25, 0.3) is 0 Å². The van der Waals surface area contributed by atoms with E-state index in [1.807, 2.05) is 13.8 Å². The molecule has 0 radical (unpaired) electrons. The van der Waals surface area contributed by atoms with Gasteiger partial charge in [-0.25, -0.2) is 0 Å². The fourth-order valence-electron chi connectivity index (χ4n) is 2.15. The van der Waals surface area contributed by atoms with Gasteiger partial charge in [-0.3, -0.25) is 9.59 Å². The Morgan fingerprint density at radius 1 is 1.04 bits per heavy atom. The molecule has 4 nitrogen and oxygen atoms in total. The lowest BCUT2D eigenvalue weighted by Gasteiger charge is -2.20. The minimum atomic E-state index is -0.523. The summed E-state index contributed by atoms with van der Waals surface area (Å²) in [5.74, 6) is 0.455. The molecular formula is C18H27ClN2O2. The van der Waals surface area contributed by atoms with Gasteiger partial charge in [0, 0.05) is 17.1 Å². The van der Waals surface area contributed by atoms with Crippen molar-refractivity contribution in [2.24, 2.45) is 11.8 Å². The predicted molar refractivity (Wildman–Crippen MR) is 94.6 cm³/mol. The molecule has 0 spiro atoms. The topological polar surface area (TPSA) is 58.2 Å². The monoisotopic (exact) mass is 338 g/mol. The number of benzene rings is 1. The highest BCUT2D eigenvalue weighted by Gasteiger charge is 2.22. The molecule has 0 saturated carbocycles. The van der Waals surface area contributed by atoms with Crippen LogP contribution in [0, 0.1) is 11.8 Å². The highest BCUT2D eigenvalue weighted by molar-refractivity contribution is 6.30. The summed E-state index contributed by atoms with van der Waals surface area (Å²) in [6, 6.07) is 6.11. The second kappa shape index (κ2) is 9.56. The van der Waals surface area contributed by atoms with Crippen LogP contribution in [0.4, 0.5) is 0 Å². The zero-order chi connectivity index (χ0) is 17.4. The highest BCUT2D eigenvalue weighted by atomic mass is 35.5. The standard InChI is InChI=1S/C18H27ClN2O2/c1-12(2)9-10-20-18(23)16(11-13(3)4)21-17(22)14-5-7-15(19)8-6-14/h5-8,12-13,16H,9-11H2,1-4H3,(H,20,23)(H,21,22). The van der Waals surface area contributed by atoms with Crippen LogP contribution in [0.3, 0.4) is 0 Å². The van der Waals surface area contributed by atoms with Gasteiger partial charge in [0.15, 0.2) is 0 Å². The van der Waals surface area contributed by atoms with Gasteiger partial charge < -0.3 is 10.6 Å². The first-order chi connectivity index (χ1) is 10.8. The first-order valence-electron chi connectivity index (χ1n) is 8.13. The minimum Gasteiger partial charge on any atom is -0.354 e. The maximum atomic E-state index is 12.3. The summed E-state index contributed by atoms with van der Waals surface area (Å²) in [5.41, 5.74) is 0.498. The van der Waals surface area contributed by atoms with Crippen LogP contribution in [0.1, 0.15) is 50.9 Å². The average Bonchev–Trinajstić information content (AvgIpc) is 2.46. The quantitative estimate of drug-likeness (QED) is 0.760. The number of hydrogen-bond acceptors (Lipinski definition) is 2. The molecule has 2 N–H and O–H groups in total. The van der Waals surface area contributed by atoms with Crippen LogP contribution in [0.5, 0.6) is 0 Å². The molecule has 128 valence electrons. The molecule has 0 bridgehead atoms. The molecular weight excluding hydrogens is 312 g/mol. The van der Waals surface area contributed by atoms with E-state index in [0.717, 1.165) is 6.42 Å². The van der Waals surface area contributed by atoms with Gasteiger partial charge in [-0.05, 0) is 48.9 Å². The zero-order valence-electron chi connectivity index (χ0n) is 14.4. The normalized spacial score (nSPS) is 12.3. The third-order valence-electron chi connectivity index (χ3n) is 3.46. The highest BCUT2D eigenvalue weighted by Crippen LogP contribution is 2.11. The summed E-state index contributed by atoms with van der Waals surface area (Å²) in [7, 11) is 0. The minimum absolute atomic E-state index is 0.123. The van der Waals surface area contributed by atoms with Crippen molar-refractivity contribution in [3.8, 4) is 0 Å². The predicted octanol–water partition coefficient (Wildman–Crippen LogP) is 3.65. The van der Waals surface area contributed by atoms with Crippen molar-refractivity contribution in [1.29, 1.82) is 0 Å². The van der Waals surface area contributed by atoms with Crippen molar-refractivity contribution < 1.29 is 9.59 Å². The van der Waals surface area contributed by atoms with E-state index in [0.29, 0.717) is 35.4 Å². The van der Waals surface area contributed by atoms with E-state index in [2.05, 4.69) is 24.5 Å². The molecule has 1 unspecified atom stereocenters. The number of nitrogens with one attached hydrogen (secondary N) is 2. The van der Waals surface area contributed by atoms with Crippen molar-refractivity contribution >= 4 is 23.4 Å². The Balaban J connectivity index is 2.67. The fourth-order valence-corrected chi connectivity index (χ4v) is 2.28. The Hall–Kier alpha value is -1.55. The van der Waals surface area contributed by atoms with Crippen molar-refractivity contribution in [3.05, 3.63) is 34.9 Å². The van der Waals surface area contributed by atoms with Crippen molar-refractivity contribution in [3.63, 3.8) is 0 Å². The number of rotatable bonds is 8. The molecule has 2 amide bonds. The molecule has 0 heterocycles. The summed E-state index contributed by atoms with van der Waals surface area (Å²) >= 11 is 5.83. The van der Waals surface area contributed by atoms with E-state index < -0.39 is 6.04 Å². The molecule has 1 aromatic rings. The van der Waals surface area contributed by atoms with Gasteiger partial charge >= 0.3 is 0 Å². The lowest BCUT2D eigenvalue weighted by molar-refractivity contribution is -0.123. The molecule has 1 atom stereocenters. The molecule has 0 aliphatic rings. The summed E-state index contributed by atoms with van der Waals surface area (Å²) in [6.45, 7) is 8.91. The Morgan fingerprint density at radius 3 is 2.17 bits per heavy atom. The summed E-state index contributed by atoms with van der Waals surface area (Å²) in [4.78, 5) is 24.6. The molecule has 1 rings (SSSR count). The summed E-state index contributed by atoms with van der Waals surface area (Å²) in [6.07, 6.45) is 1.53. The number of carbonyl (C=O) groups is 2. The average molecular weight is 339 g/mol. The van der Waals surface area contributed by atoms with E-state index in [1.165, 1.54) is 0 Å². The van der Waals surface area contributed by atoms with Crippen molar-refractivity contribution in [2.45, 2.75) is 46.6 Å². The summed E-state index contributed by atoms with van der Waals surface area (Å²) in [5, 5.41) is 6.31. The number of amides is 2. The third kappa shape index (κ3) is 7.51. The Labute approximate surface area is 144 Å². The van der Waals surface area contributed by atoms with E-state index in [9.17, 15) is 9.59 Å². The summed E-state index contributed by atoms with van der Waals surface area (Å²) < 4.78 is 0. The lowest BCUT2D eigenvalue weighted by atomic mass is 10.0. The molecule has 5 heteroatoms. The van der Waals surface area contributed by atoms with Gasteiger partial charge in [0.25, 0.3) is 5.91 Å². The van der Waals surface area contributed by atoms with Gasteiger partial charge in [0.05, 0.1) is 0 Å². The number of halogens is 1. The van der Waals surface area contributed by atoms with Gasteiger partial charge in [-0.15, -0.1) is 0 Å². The maximum Gasteiger partial charge on any atom is 0.251 e. The number of hydrogen-bond donors (Lipinski definition) is 2. The van der Waals surface area contributed by atoms with Crippen LogP contribution in [0.15, 0.2) is 24.3 Å². The van der Waals surface area contributed by atoms with Crippen LogP contribution in [-0.4, -0.2) is 24.4 Å². The molecule has 1 aromatic carbocycles.